The van der Waals surface area contributed by atoms with E-state index in [9.17, 15) is 14.4 Å². The third-order valence-corrected chi connectivity index (χ3v) is 3.73. The predicted octanol–water partition coefficient (Wildman–Crippen LogP) is -0.253. The molecule has 1 unspecified atom stereocenters. The Morgan fingerprint density at radius 1 is 1.35 bits per heavy atom. The summed E-state index contributed by atoms with van der Waals surface area (Å²) in [6.07, 6.45) is 0.570. The van der Waals surface area contributed by atoms with Gasteiger partial charge in [0.2, 0.25) is 17.7 Å². The molecule has 0 radical (unpaired) electrons. The predicted molar refractivity (Wildman–Crippen MR) is 89.3 cm³/mol. The summed E-state index contributed by atoms with van der Waals surface area (Å²) >= 11 is 0. The van der Waals surface area contributed by atoms with Gasteiger partial charge >= 0.3 is 0 Å². The number of likely N-dealkylation sites (N-methyl/N-ethyl adjacent to an activating group) is 1. The Labute approximate surface area is 141 Å². The summed E-state index contributed by atoms with van der Waals surface area (Å²) in [5.41, 5.74) is 5.99. The Bertz CT molecular complexity index is 567. The maximum Gasteiger partial charge on any atom is 0.249 e. The fourth-order valence-corrected chi connectivity index (χ4v) is 2.43. The van der Waals surface area contributed by atoms with Crippen LogP contribution in [0.2, 0.25) is 0 Å². The Hall–Kier alpha value is -2.12. The van der Waals surface area contributed by atoms with Crippen molar-refractivity contribution < 1.29 is 14.4 Å². The summed E-state index contributed by atoms with van der Waals surface area (Å²) in [7, 11) is 1.58. The molecule has 1 aliphatic heterocycles. The van der Waals surface area contributed by atoms with Gasteiger partial charge in [0.25, 0.3) is 0 Å². The van der Waals surface area contributed by atoms with E-state index >= 15 is 0 Å². The van der Waals surface area contributed by atoms with Crippen molar-refractivity contribution in [2.45, 2.75) is 12.5 Å². The second kappa shape index (κ2) is 8.50. The average Bonchev–Trinajstić information content (AvgIpc) is 2.93. The quantitative estimate of drug-likeness (QED) is 0.772. The molecule has 7 nitrogen and oxygen atoms in total. The standard InChI is InChI=1S/C15H20N4O3.ClH/c1-18(14(21)10-17-13(20)9-16)12-7-8-19(15(12)22)11-5-3-2-4-6-11;/h2-6,12H,7-10,16H2,1H3,(H,17,20);1H. The summed E-state index contributed by atoms with van der Waals surface area (Å²) in [4.78, 5) is 38.7. The van der Waals surface area contributed by atoms with E-state index in [1.807, 2.05) is 30.3 Å². The molecular weight excluding hydrogens is 320 g/mol. The van der Waals surface area contributed by atoms with Crippen LogP contribution in [0.25, 0.3) is 0 Å². The van der Waals surface area contributed by atoms with Crippen molar-refractivity contribution in [1.29, 1.82) is 0 Å². The number of halogens is 1. The van der Waals surface area contributed by atoms with Gasteiger partial charge in [-0.2, -0.15) is 0 Å². The van der Waals surface area contributed by atoms with Crippen LogP contribution in [-0.2, 0) is 14.4 Å². The number of nitrogens with one attached hydrogen (secondary N) is 1. The van der Waals surface area contributed by atoms with Gasteiger partial charge in [0.1, 0.15) is 6.04 Å². The van der Waals surface area contributed by atoms with Gasteiger partial charge in [0.05, 0.1) is 13.1 Å². The third-order valence-electron chi connectivity index (χ3n) is 3.73. The molecule has 126 valence electrons. The van der Waals surface area contributed by atoms with E-state index in [0.29, 0.717) is 13.0 Å². The number of amides is 3. The lowest BCUT2D eigenvalue weighted by Gasteiger charge is -2.24. The van der Waals surface area contributed by atoms with Crippen molar-refractivity contribution >= 4 is 35.8 Å². The highest BCUT2D eigenvalue weighted by Gasteiger charge is 2.36. The first-order chi connectivity index (χ1) is 10.5. The number of para-hydroxylation sites is 1. The lowest BCUT2D eigenvalue weighted by atomic mass is 10.2. The van der Waals surface area contributed by atoms with E-state index in [0.717, 1.165) is 5.69 Å². The van der Waals surface area contributed by atoms with Gasteiger partial charge in [0, 0.05) is 19.3 Å². The van der Waals surface area contributed by atoms with E-state index < -0.39 is 11.9 Å². The van der Waals surface area contributed by atoms with Gasteiger partial charge in [-0.3, -0.25) is 14.4 Å². The first-order valence-electron chi connectivity index (χ1n) is 7.13. The molecular formula is C15H21ClN4O3. The topological polar surface area (TPSA) is 95.7 Å². The SMILES string of the molecule is CN(C(=O)CNC(=O)CN)C1CCN(c2ccccc2)C1=O.Cl. The normalized spacial score (nSPS) is 16.7. The minimum absolute atomic E-state index is 0. The van der Waals surface area contributed by atoms with Crippen molar-refractivity contribution in [3.05, 3.63) is 30.3 Å². The maximum atomic E-state index is 12.5. The molecule has 1 fully saturated rings. The highest BCUT2D eigenvalue weighted by atomic mass is 35.5. The van der Waals surface area contributed by atoms with Crippen LogP contribution in [0.1, 0.15) is 6.42 Å². The van der Waals surface area contributed by atoms with Gasteiger partial charge in [-0.15, -0.1) is 12.4 Å². The first kappa shape index (κ1) is 18.9. The van der Waals surface area contributed by atoms with Crippen LogP contribution < -0.4 is 16.0 Å². The Morgan fingerprint density at radius 3 is 2.61 bits per heavy atom. The van der Waals surface area contributed by atoms with Crippen LogP contribution in [0.5, 0.6) is 0 Å². The monoisotopic (exact) mass is 340 g/mol. The van der Waals surface area contributed by atoms with Gasteiger partial charge in [0.15, 0.2) is 0 Å². The summed E-state index contributed by atoms with van der Waals surface area (Å²) < 4.78 is 0. The van der Waals surface area contributed by atoms with E-state index in [-0.39, 0.29) is 37.3 Å². The summed E-state index contributed by atoms with van der Waals surface area (Å²) in [5.74, 6) is -0.812. The van der Waals surface area contributed by atoms with Gasteiger partial charge in [-0.1, -0.05) is 18.2 Å². The van der Waals surface area contributed by atoms with Gasteiger partial charge < -0.3 is 20.9 Å². The van der Waals surface area contributed by atoms with E-state index in [2.05, 4.69) is 5.32 Å². The number of hydrogen-bond acceptors (Lipinski definition) is 4. The molecule has 1 aliphatic rings. The van der Waals surface area contributed by atoms with Gasteiger partial charge in [-0.25, -0.2) is 0 Å². The molecule has 1 atom stereocenters. The molecule has 0 aliphatic carbocycles. The molecule has 3 amide bonds. The molecule has 1 saturated heterocycles. The van der Waals surface area contributed by atoms with E-state index in [1.54, 1.807) is 11.9 Å². The lowest BCUT2D eigenvalue weighted by Crippen LogP contribution is -2.47. The third kappa shape index (κ3) is 4.43. The van der Waals surface area contributed by atoms with Crippen molar-refractivity contribution in [1.82, 2.24) is 10.2 Å². The summed E-state index contributed by atoms with van der Waals surface area (Å²) in [5, 5.41) is 2.41. The number of nitrogens with two attached hydrogens (primary N) is 1. The number of carbonyl (C=O) groups excluding carboxylic acids is 3. The Kier molecular flexibility index (Phi) is 6.99. The average molecular weight is 341 g/mol. The molecule has 1 heterocycles. The minimum Gasteiger partial charge on any atom is -0.346 e. The minimum atomic E-state index is -0.498. The highest BCUT2D eigenvalue weighted by Crippen LogP contribution is 2.23. The molecule has 0 saturated carbocycles. The molecule has 1 aromatic rings. The second-order valence-electron chi connectivity index (χ2n) is 5.12. The first-order valence-corrected chi connectivity index (χ1v) is 7.13. The van der Waals surface area contributed by atoms with Crippen molar-refractivity contribution in [2.24, 2.45) is 5.73 Å². The van der Waals surface area contributed by atoms with Crippen LogP contribution in [-0.4, -0.2) is 55.3 Å². The molecule has 0 spiro atoms. The van der Waals surface area contributed by atoms with E-state index in [1.165, 1.54) is 4.90 Å². The zero-order valence-electron chi connectivity index (χ0n) is 12.9. The molecule has 8 heteroatoms. The van der Waals surface area contributed by atoms with Crippen LogP contribution >= 0.6 is 12.4 Å². The number of anilines is 1. The largest absolute Gasteiger partial charge is 0.346 e. The van der Waals surface area contributed by atoms with Crippen molar-refractivity contribution in [3.8, 4) is 0 Å². The van der Waals surface area contributed by atoms with E-state index in [4.69, 9.17) is 5.73 Å². The molecule has 0 bridgehead atoms. The number of hydrogen-bond donors (Lipinski definition) is 2. The zero-order chi connectivity index (χ0) is 16.1. The van der Waals surface area contributed by atoms with Crippen molar-refractivity contribution in [2.75, 3.05) is 31.6 Å². The second-order valence-corrected chi connectivity index (χ2v) is 5.12. The highest BCUT2D eigenvalue weighted by molar-refractivity contribution is 6.01. The van der Waals surface area contributed by atoms with Crippen LogP contribution in [0.4, 0.5) is 5.69 Å². The number of benzene rings is 1. The molecule has 1 aromatic carbocycles. The number of carbonyl (C=O) groups is 3. The number of rotatable bonds is 5. The Balaban J connectivity index is 0.00000264. The lowest BCUT2D eigenvalue weighted by molar-refractivity contribution is -0.137. The van der Waals surface area contributed by atoms with Crippen LogP contribution in [0, 0.1) is 0 Å². The zero-order valence-corrected chi connectivity index (χ0v) is 13.7. The maximum absolute atomic E-state index is 12.5. The summed E-state index contributed by atoms with van der Waals surface area (Å²) in [6, 6.07) is 8.85. The number of nitrogens with zero attached hydrogens (tertiary/aromatic N) is 2. The molecule has 2 rings (SSSR count). The molecule has 0 aromatic heterocycles. The van der Waals surface area contributed by atoms with Gasteiger partial charge in [-0.05, 0) is 18.6 Å². The molecule has 23 heavy (non-hydrogen) atoms. The fourth-order valence-electron chi connectivity index (χ4n) is 2.43. The summed E-state index contributed by atoms with van der Waals surface area (Å²) in [6.45, 7) is 0.253. The van der Waals surface area contributed by atoms with Crippen LogP contribution in [0.15, 0.2) is 30.3 Å². The Morgan fingerprint density at radius 2 is 2.00 bits per heavy atom. The fraction of sp³-hybridized carbons (Fsp3) is 0.400. The van der Waals surface area contributed by atoms with Crippen molar-refractivity contribution in [3.63, 3.8) is 0 Å². The molecule has 3 N–H and O–H groups in total. The van der Waals surface area contributed by atoms with Crippen LogP contribution in [0.3, 0.4) is 0 Å². The smallest absolute Gasteiger partial charge is 0.249 e.